The zero-order valence-electron chi connectivity index (χ0n) is 11.4. The molecule has 0 aliphatic rings. The van der Waals surface area contributed by atoms with Crippen molar-refractivity contribution in [1.82, 2.24) is 0 Å². The fourth-order valence-corrected chi connectivity index (χ4v) is 2.01. The van der Waals surface area contributed by atoms with Crippen LogP contribution in [0.25, 0.3) is 0 Å². The number of rotatable bonds is 7. The van der Waals surface area contributed by atoms with Gasteiger partial charge in [0.2, 0.25) is 15.9 Å². The summed E-state index contributed by atoms with van der Waals surface area (Å²) < 4.78 is 29.3. The number of ether oxygens (including phenoxy) is 1. The highest BCUT2D eigenvalue weighted by atomic mass is 32.2. The Labute approximate surface area is 118 Å². The van der Waals surface area contributed by atoms with Crippen LogP contribution in [0.2, 0.25) is 0 Å². The number of nitrogens with one attached hydrogen (secondary N) is 2. The lowest BCUT2D eigenvalue weighted by atomic mass is 10.2. The Morgan fingerprint density at radius 1 is 1.30 bits per heavy atom. The first-order valence-electron chi connectivity index (χ1n) is 5.95. The van der Waals surface area contributed by atoms with Gasteiger partial charge in [-0.15, -0.1) is 0 Å². The predicted molar refractivity (Wildman–Crippen MR) is 78.0 cm³/mol. The highest BCUT2D eigenvalue weighted by Crippen LogP contribution is 2.14. The number of hydrogen-bond donors (Lipinski definition) is 3. The first-order valence-corrected chi connectivity index (χ1v) is 7.84. The molecule has 1 atom stereocenters. The summed E-state index contributed by atoms with van der Waals surface area (Å²) in [6, 6.07) is 5.64. The van der Waals surface area contributed by atoms with Crippen molar-refractivity contribution < 1.29 is 17.9 Å². The highest BCUT2D eigenvalue weighted by Gasteiger charge is 2.13. The number of sulfonamides is 1. The molecule has 0 saturated carbocycles. The smallest absolute Gasteiger partial charge is 0.241 e. The van der Waals surface area contributed by atoms with Crippen molar-refractivity contribution in [3.8, 4) is 0 Å². The van der Waals surface area contributed by atoms with Crippen LogP contribution in [0, 0.1) is 0 Å². The van der Waals surface area contributed by atoms with Gasteiger partial charge in [-0.2, -0.15) is 0 Å². The van der Waals surface area contributed by atoms with E-state index in [1.807, 2.05) is 0 Å². The molecule has 0 fully saturated rings. The van der Waals surface area contributed by atoms with Crippen LogP contribution in [0.5, 0.6) is 0 Å². The van der Waals surface area contributed by atoms with Gasteiger partial charge in [0.1, 0.15) is 0 Å². The Kier molecular flexibility index (Phi) is 5.93. The zero-order valence-corrected chi connectivity index (χ0v) is 12.2. The molecule has 0 aliphatic heterocycles. The van der Waals surface area contributed by atoms with E-state index in [9.17, 15) is 13.2 Å². The van der Waals surface area contributed by atoms with Crippen LogP contribution in [0.3, 0.4) is 0 Å². The minimum Gasteiger partial charge on any atom is -0.385 e. The maximum Gasteiger partial charge on any atom is 0.241 e. The second-order valence-electron chi connectivity index (χ2n) is 4.33. The van der Waals surface area contributed by atoms with E-state index in [4.69, 9.17) is 10.5 Å². The van der Waals surface area contributed by atoms with E-state index in [1.165, 1.54) is 7.11 Å². The van der Waals surface area contributed by atoms with Crippen molar-refractivity contribution in [3.63, 3.8) is 0 Å². The summed E-state index contributed by atoms with van der Waals surface area (Å²) in [5.74, 6) is -0.314. The highest BCUT2D eigenvalue weighted by molar-refractivity contribution is 7.92. The van der Waals surface area contributed by atoms with Gasteiger partial charge < -0.3 is 15.8 Å². The summed E-state index contributed by atoms with van der Waals surface area (Å²) in [4.78, 5) is 11.7. The molecule has 0 spiro atoms. The Hall–Kier alpha value is -1.64. The molecule has 0 bridgehead atoms. The van der Waals surface area contributed by atoms with Gasteiger partial charge in [-0.25, -0.2) is 8.42 Å². The van der Waals surface area contributed by atoms with Crippen LogP contribution < -0.4 is 15.8 Å². The molecule has 1 amide bonds. The second-order valence-corrected chi connectivity index (χ2v) is 6.08. The molecule has 8 heteroatoms. The normalized spacial score (nSPS) is 12.8. The van der Waals surface area contributed by atoms with Crippen LogP contribution in [0.15, 0.2) is 24.3 Å². The zero-order chi connectivity index (χ0) is 15.2. The number of carbonyl (C=O) groups excluding carboxylic acids is 1. The fourth-order valence-electron chi connectivity index (χ4n) is 1.45. The van der Waals surface area contributed by atoms with Gasteiger partial charge in [0.05, 0.1) is 12.3 Å². The Morgan fingerprint density at radius 3 is 2.35 bits per heavy atom. The van der Waals surface area contributed by atoms with Gasteiger partial charge in [-0.1, -0.05) is 0 Å². The lowest BCUT2D eigenvalue weighted by Gasteiger charge is -2.12. The molecule has 20 heavy (non-hydrogen) atoms. The van der Waals surface area contributed by atoms with Crippen LogP contribution in [-0.2, 0) is 19.6 Å². The van der Waals surface area contributed by atoms with E-state index < -0.39 is 16.1 Å². The van der Waals surface area contributed by atoms with Crippen LogP contribution in [0.4, 0.5) is 11.4 Å². The molecule has 1 aromatic rings. The first kappa shape index (κ1) is 16.4. The van der Waals surface area contributed by atoms with Crippen molar-refractivity contribution >= 4 is 27.3 Å². The van der Waals surface area contributed by atoms with Gasteiger partial charge in [0, 0.05) is 25.1 Å². The minimum absolute atomic E-state index is 0.314. The van der Waals surface area contributed by atoms with Gasteiger partial charge in [0.15, 0.2) is 0 Å². The number of nitrogens with two attached hydrogens (primary N) is 1. The largest absolute Gasteiger partial charge is 0.385 e. The van der Waals surface area contributed by atoms with Gasteiger partial charge in [-0.05, 0) is 30.7 Å². The maximum atomic E-state index is 11.7. The van der Waals surface area contributed by atoms with Crippen molar-refractivity contribution in [2.75, 3.05) is 30.0 Å². The quantitative estimate of drug-likeness (QED) is 0.673. The molecule has 1 aromatic carbocycles. The van der Waals surface area contributed by atoms with Crippen molar-refractivity contribution in [2.45, 2.75) is 12.5 Å². The van der Waals surface area contributed by atoms with Gasteiger partial charge >= 0.3 is 0 Å². The fraction of sp³-hybridized carbons (Fsp3) is 0.417. The van der Waals surface area contributed by atoms with Crippen LogP contribution in [-0.4, -0.2) is 40.3 Å². The van der Waals surface area contributed by atoms with Crippen molar-refractivity contribution in [3.05, 3.63) is 24.3 Å². The molecule has 0 aromatic heterocycles. The molecule has 0 heterocycles. The minimum atomic E-state index is -3.31. The van der Waals surface area contributed by atoms with Crippen molar-refractivity contribution in [1.29, 1.82) is 0 Å². The molecule has 4 N–H and O–H groups in total. The lowest BCUT2D eigenvalue weighted by molar-refractivity contribution is -0.117. The van der Waals surface area contributed by atoms with E-state index in [1.54, 1.807) is 24.3 Å². The third kappa shape index (κ3) is 6.00. The third-order valence-corrected chi connectivity index (χ3v) is 3.03. The first-order chi connectivity index (χ1) is 9.31. The molecular weight excluding hydrogens is 282 g/mol. The number of methoxy groups -OCH3 is 1. The third-order valence-electron chi connectivity index (χ3n) is 2.43. The summed E-state index contributed by atoms with van der Waals surface area (Å²) in [5.41, 5.74) is 6.65. The Morgan fingerprint density at radius 2 is 1.85 bits per heavy atom. The second kappa shape index (κ2) is 7.22. The average Bonchev–Trinajstić information content (AvgIpc) is 2.36. The molecule has 0 aliphatic carbocycles. The number of hydrogen-bond acceptors (Lipinski definition) is 5. The summed E-state index contributed by atoms with van der Waals surface area (Å²) in [6.45, 7) is 0.409. The van der Waals surface area contributed by atoms with Gasteiger partial charge in [-0.3, -0.25) is 9.52 Å². The molecule has 0 saturated heterocycles. The number of amides is 1. The van der Waals surface area contributed by atoms with E-state index in [0.717, 1.165) is 6.26 Å². The molecule has 1 rings (SSSR count). The summed E-state index contributed by atoms with van der Waals surface area (Å²) in [7, 11) is -1.77. The van der Waals surface area contributed by atoms with E-state index in [-0.39, 0.29) is 5.91 Å². The molecular formula is C12H19N3O4S. The maximum absolute atomic E-state index is 11.7. The monoisotopic (exact) mass is 301 g/mol. The topological polar surface area (TPSA) is 111 Å². The lowest BCUT2D eigenvalue weighted by Crippen LogP contribution is -2.36. The predicted octanol–water partition coefficient (Wildman–Crippen LogP) is 0.360. The molecule has 0 radical (unpaired) electrons. The molecule has 1 unspecified atom stereocenters. The molecule has 112 valence electrons. The summed E-state index contributed by atoms with van der Waals surface area (Å²) >= 11 is 0. The average molecular weight is 301 g/mol. The molecule has 7 nitrogen and oxygen atoms in total. The summed E-state index contributed by atoms with van der Waals surface area (Å²) in [5, 5.41) is 2.64. The van der Waals surface area contributed by atoms with E-state index in [0.29, 0.717) is 24.4 Å². The van der Waals surface area contributed by atoms with Gasteiger partial charge in [0.25, 0.3) is 0 Å². The van der Waals surface area contributed by atoms with Crippen LogP contribution in [0.1, 0.15) is 6.42 Å². The number of carbonyl (C=O) groups is 1. The standard InChI is InChI=1S/C12H19N3O4S/c1-19-8-7-11(13)12(16)14-9-3-5-10(6-4-9)15-20(2,17)18/h3-6,11,15H,7-8,13H2,1-2H3,(H,14,16). The summed E-state index contributed by atoms with van der Waals surface area (Å²) in [6.07, 6.45) is 1.49. The van der Waals surface area contributed by atoms with Crippen LogP contribution >= 0.6 is 0 Å². The SMILES string of the molecule is COCCC(N)C(=O)Nc1ccc(NS(C)(=O)=O)cc1. The van der Waals surface area contributed by atoms with E-state index >= 15 is 0 Å². The Balaban J connectivity index is 2.59. The number of anilines is 2. The number of benzene rings is 1. The van der Waals surface area contributed by atoms with Crippen molar-refractivity contribution in [2.24, 2.45) is 5.73 Å². The Bertz CT molecular complexity index is 542. The van der Waals surface area contributed by atoms with E-state index in [2.05, 4.69) is 10.0 Å².